The van der Waals surface area contributed by atoms with Gasteiger partial charge in [-0.2, -0.15) is 13.2 Å². The van der Waals surface area contributed by atoms with Crippen molar-refractivity contribution in [3.8, 4) is 17.2 Å². The fourth-order valence-electron chi connectivity index (χ4n) is 5.25. The third-order valence-corrected chi connectivity index (χ3v) is 7.24. The summed E-state index contributed by atoms with van der Waals surface area (Å²) in [6, 6.07) is 12.4. The van der Waals surface area contributed by atoms with Gasteiger partial charge in [0.05, 0.1) is 5.56 Å². The Balaban J connectivity index is 1.07. The number of Topliss-reactive ketones (excluding diaryl/α,β-unsaturated/α-hetero) is 1. The third-order valence-electron chi connectivity index (χ3n) is 7.24. The molecule has 6 rings (SSSR count). The number of carbonyl (C=O) groups is 2. The Labute approximate surface area is 210 Å². The van der Waals surface area contributed by atoms with Crippen molar-refractivity contribution in [2.45, 2.75) is 50.3 Å². The minimum atomic E-state index is -4.37. The Morgan fingerprint density at radius 2 is 1.92 bits per heavy atom. The van der Waals surface area contributed by atoms with E-state index in [1.807, 2.05) is 18.2 Å². The molecule has 3 atom stereocenters. The molecule has 1 fully saturated rings. The number of carbonyl (C=O) groups excluding carboxylic acids is 2. The SMILES string of the molecule is O=C(CCc1ccc(C(F)(F)F)cc1)CC1[C@H]2Oc3ccc(Oc4ccnc5c4CCC(=O)N5)cc3[C@@H]12. The first-order valence-corrected chi connectivity index (χ1v) is 12.2. The fourth-order valence-corrected chi connectivity index (χ4v) is 5.25. The van der Waals surface area contributed by atoms with E-state index in [0.717, 1.165) is 29.0 Å². The Morgan fingerprint density at radius 1 is 1.11 bits per heavy atom. The number of hydrogen-bond donors (Lipinski definition) is 1. The topological polar surface area (TPSA) is 77.5 Å². The van der Waals surface area contributed by atoms with Crippen LogP contribution in [0.5, 0.6) is 17.2 Å². The molecule has 3 aromatic rings. The lowest BCUT2D eigenvalue weighted by Gasteiger charge is -2.19. The van der Waals surface area contributed by atoms with Crippen LogP contribution in [0.25, 0.3) is 0 Å². The molecule has 6 nitrogen and oxygen atoms in total. The number of rotatable bonds is 7. The first kappa shape index (κ1) is 23.5. The van der Waals surface area contributed by atoms with Gasteiger partial charge in [-0.25, -0.2) is 4.98 Å². The summed E-state index contributed by atoms with van der Waals surface area (Å²) in [5, 5.41) is 2.77. The van der Waals surface area contributed by atoms with Gasteiger partial charge in [0.2, 0.25) is 5.91 Å². The summed E-state index contributed by atoms with van der Waals surface area (Å²) >= 11 is 0. The number of ether oxygens (including phenoxy) is 2. The first-order valence-electron chi connectivity index (χ1n) is 12.2. The van der Waals surface area contributed by atoms with Crippen molar-refractivity contribution in [3.05, 3.63) is 77.0 Å². The summed E-state index contributed by atoms with van der Waals surface area (Å²) in [5.74, 6) is 2.83. The molecule has 1 aromatic heterocycles. The molecule has 37 heavy (non-hydrogen) atoms. The van der Waals surface area contributed by atoms with E-state index in [1.54, 1.807) is 12.3 Å². The molecule has 1 N–H and O–H groups in total. The van der Waals surface area contributed by atoms with Gasteiger partial charge in [-0.15, -0.1) is 0 Å². The van der Waals surface area contributed by atoms with Crippen LogP contribution in [0.4, 0.5) is 19.0 Å². The van der Waals surface area contributed by atoms with E-state index in [4.69, 9.17) is 9.47 Å². The van der Waals surface area contributed by atoms with Crippen LogP contribution in [0.1, 0.15) is 47.4 Å². The molecule has 0 saturated heterocycles. The average molecular weight is 508 g/mol. The van der Waals surface area contributed by atoms with Crippen molar-refractivity contribution in [3.63, 3.8) is 0 Å². The predicted molar refractivity (Wildman–Crippen MR) is 128 cm³/mol. The summed E-state index contributed by atoms with van der Waals surface area (Å²) in [6.07, 6.45) is -0.812. The smallest absolute Gasteiger partial charge is 0.416 e. The molecule has 0 spiro atoms. The van der Waals surface area contributed by atoms with Gasteiger partial charge in [0.15, 0.2) is 0 Å². The lowest BCUT2D eigenvalue weighted by atomic mass is 10.0. The maximum atomic E-state index is 12.7. The largest absolute Gasteiger partial charge is 0.489 e. The van der Waals surface area contributed by atoms with Crippen molar-refractivity contribution in [1.82, 2.24) is 4.98 Å². The monoisotopic (exact) mass is 508 g/mol. The first-order chi connectivity index (χ1) is 17.8. The zero-order chi connectivity index (χ0) is 25.7. The number of alkyl halides is 3. The van der Waals surface area contributed by atoms with Crippen molar-refractivity contribution >= 4 is 17.5 Å². The number of hydrogen-bond acceptors (Lipinski definition) is 5. The Morgan fingerprint density at radius 3 is 2.70 bits per heavy atom. The number of benzene rings is 2. The summed E-state index contributed by atoms with van der Waals surface area (Å²) in [7, 11) is 0. The molecule has 2 aromatic carbocycles. The molecule has 1 saturated carbocycles. The van der Waals surface area contributed by atoms with Gasteiger partial charge in [0.25, 0.3) is 0 Å². The van der Waals surface area contributed by atoms with Gasteiger partial charge in [-0.05, 0) is 54.8 Å². The number of nitrogens with zero attached hydrogens (tertiary/aromatic N) is 1. The number of nitrogens with one attached hydrogen (secondary N) is 1. The highest BCUT2D eigenvalue weighted by molar-refractivity contribution is 5.93. The molecule has 2 aliphatic heterocycles. The van der Waals surface area contributed by atoms with Gasteiger partial charge >= 0.3 is 6.18 Å². The van der Waals surface area contributed by atoms with E-state index in [9.17, 15) is 22.8 Å². The number of aromatic nitrogens is 1. The molecule has 190 valence electrons. The molecule has 0 bridgehead atoms. The highest BCUT2D eigenvalue weighted by Gasteiger charge is 2.59. The van der Waals surface area contributed by atoms with Crippen LogP contribution in [0, 0.1) is 5.92 Å². The molecule has 9 heteroatoms. The van der Waals surface area contributed by atoms with Gasteiger partial charge in [-0.1, -0.05) is 12.1 Å². The van der Waals surface area contributed by atoms with Gasteiger partial charge in [0, 0.05) is 48.4 Å². The normalized spacial score (nSPS) is 21.3. The molecule has 0 radical (unpaired) electrons. The second-order valence-corrected chi connectivity index (χ2v) is 9.70. The standard InChI is InChI=1S/C28H23F3N2O4/c29-28(30,31)16-4-1-15(2-5-16)3-6-17(34)13-21-25-20-14-18(7-9-22(20)37-26(21)25)36-23-11-12-32-27-19(23)8-10-24(35)33-27/h1-2,4-5,7,9,11-12,14,21,25-26H,3,6,8,10,13H2,(H,32,33,35)/t21?,25-,26+/m0/s1. The Bertz CT molecular complexity index is 1390. The number of halogens is 3. The van der Waals surface area contributed by atoms with Crippen molar-refractivity contribution < 1.29 is 32.2 Å². The number of anilines is 1. The highest BCUT2D eigenvalue weighted by atomic mass is 19.4. The molecule has 1 aliphatic carbocycles. The van der Waals surface area contributed by atoms with Crippen LogP contribution in [-0.4, -0.2) is 22.8 Å². The van der Waals surface area contributed by atoms with Crippen LogP contribution in [0.2, 0.25) is 0 Å². The van der Waals surface area contributed by atoms with Crippen LogP contribution >= 0.6 is 0 Å². The van der Waals surface area contributed by atoms with E-state index in [2.05, 4.69) is 10.3 Å². The van der Waals surface area contributed by atoms with E-state index in [0.29, 0.717) is 48.6 Å². The summed E-state index contributed by atoms with van der Waals surface area (Å²) < 4.78 is 50.4. The van der Waals surface area contributed by atoms with Gasteiger partial charge in [0.1, 0.15) is 35.0 Å². The molecule has 3 heterocycles. The van der Waals surface area contributed by atoms with Crippen molar-refractivity contribution in [2.24, 2.45) is 5.92 Å². The second kappa shape index (κ2) is 8.90. The maximum absolute atomic E-state index is 12.7. The predicted octanol–water partition coefficient (Wildman–Crippen LogP) is 5.84. The lowest BCUT2D eigenvalue weighted by Crippen LogP contribution is -2.20. The number of amides is 1. The van der Waals surface area contributed by atoms with E-state index >= 15 is 0 Å². The Kier molecular flexibility index (Phi) is 5.66. The van der Waals surface area contributed by atoms with Crippen LogP contribution < -0.4 is 14.8 Å². The quantitative estimate of drug-likeness (QED) is 0.434. The van der Waals surface area contributed by atoms with Gasteiger partial charge < -0.3 is 14.8 Å². The summed E-state index contributed by atoms with van der Waals surface area (Å²) in [5.41, 5.74) is 1.89. The number of fused-ring (bicyclic) bond motifs is 4. The summed E-state index contributed by atoms with van der Waals surface area (Å²) in [4.78, 5) is 28.5. The number of pyridine rings is 1. The van der Waals surface area contributed by atoms with E-state index < -0.39 is 11.7 Å². The van der Waals surface area contributed by atoms with Crippen molar-refractivity contribution in [1.29, 1.82) is 0 Å². The van der Waals surface area contributed by atoms with Crippen molar-refractivity contribution in [2.75, 3.05) is 5.32 Å². The summed E-state index contributed by atoms with van der Waals surface area (Å²) in [6.45, 7) is 0. The van der Waals surface area contributed by atoms with Crippen LogP contribution in [0.3, 0.4) is 0 Å². The maximum Gasteiger partial charge on any atom is 0.416 e. The van der Waals surface area contributed by atoms with Gasteiger partial charge in [-0.3, -0.25) is 9.59 Å². The Hall–Kier alpha value is -3.88. The van der Waals surface area contributed by atoms with Crippen LogP contribution in [0.15, 0.2) is 54.7 Å². The van der Waals surface area contributed by atoms with E-state index in [1.165, 1.54) is 12.1 Å². The minimum absolute atomic E-state index is 0.0378. The zero-order valence-electron chi connectivity index (χ0n) is 19.7. The zero-order valence-corrected chi connectivity index (χ0v) is 19.7. The highest BCUT2D eigenvalue weighted by Crippen LogP contribution is 2.60. The minimum Gasteiger partial charge on any atom is -0.489 e. The molecule has 1 unspecified atom stereocenters. The molecular weight excluding hydrogens is 485 g/mol. The molecule has 3 aliphatic rings. The number of ketones is 1. The van der Waals surface area contributed by atoms with E-state index in [-0.39, 0.29) is 36.1 Å². The lowest BCUT2D eigenvalue weighted by molar-refractivity contribution is -0.137. The number of aryl methyl sites for hydroxylation is 1. The fraction of sp³-hybridized carbons (Fsp3) is 0.321. The second-order valence-electron chi connectivity index (χ2n) is 9.70. The third kappa shape index (κ3) is 4.65. The molecular formula is C28H23F3N2O4. The average Bonchev–Trinajstić information content (AvgIpc) is 3.38. The van der Waals surface area contributed by atoms with Crippen LogP contribution in [-0.2, 0) is 28.6 Å². The molecule has 1 amide bonds.